The van der Waals surface area contributed by atoms with Gasteiger partial charge in [-0.25, -0.2) is 0 Å². The second-order valence-corrected chi connectivity index (χ2v) is 7.05. The maximum absolute atomic E-state index is 10.3. The Hall–Kier alpha value is -0.340. The van der Waals surface area contributed by atoms with E-state index in [2.05, 4.69) is 32.2 Å². The van der Waals surface area contributed by atoms with Crippen molar-refractivity contribution >= 4 is 11.3 Å². The van der Waals surface area contributed by atoms with Gasteiger partial charge in [-0.1, -0.05) is 13.8 Å². The minimum Gasteiger partial charge on any atom is -0.388 e. The Labute approximate surface area is 103 Å². The van der Waals surface area contributed by atoms with Gasteiger partial charge in [0, 0.05) is 4.88 Å². The molecule has 1 N–H and O–H groups in total. The summed E-state index contributed by atoms with van der Waals surface area (Å²) in [7, 11) is 0. The molecule has 0 saturated heterocycles. The molecule has 2 rings (SSSR count). The number of hydrogen-bond donors (Lipinski definition) is 1. The lowest BCUT2D eigenvalue weighted by Gasteiger charge is -2.36. The first-order chi connectivity index (χ1) is 7.48. The number of hydrogen-bond acceptors (Lipinski definition) is 2. The number of thiophene rings is 1. The SMILES string of the molecule is Cc1cc(C(O)C2CCC(C)(C)CC2)cs1. The molecule has 1 unspecified atom stereocenters. The monoisotopic (exact) mass is 238 g/mol. The highest BCUT2D eigenvalue weighted by Crippen LogP contribution is 2.43. The quantitative estimate of drug-likeness (QED) is 0.814. The Morgan fingerprint density at radius 3 is 2.50 bits per heavy atom. The van der Waals surface area contributed by atoms with E-state index < -0.39 is 0 Å². The minimum absolute atomic E-state index is 0.235. The Kier molecular flexibility index (Phi) is 3.41. The molecule has 1 aliphatic rings. The average molecular weight is 238 g/mol. The molecule has 1 aliphatic carbocycles. The van der Waals surface area contributed by atoms with E-state index in [0.717, 1.165) is 5.56 Å². The van der Waals surface area contributed by atoms with Crippen LogP contribution >= 0.6 is 11.3 Å². The van der Waals surface area contributed by atoms with E-state index in [9.17, 15) is 5.11 Å². The lowest BCUT2D eigenvalue weighted by atomic mass is 9.71. The van der Waals surface area contributed by atoms with Gasteiger partial charge in [0.15, 0.2) is 0 Å². The third kappa shape index (κ3) is 2.67. The van der Waals surface area contributed by atoms with Gasteiger partial charge < -0.3 is 5.11 Å². The van der Waals surface area contributed by atoms with Crippen molar-refractivity contribution in [3.05, 3.63) is 21.9 Å². The Morgan fingerprint density at radius 1 is 1.38 bits per heavy atom. The van der Waals surface area contributed by atoms with Gasteiger partial charge in [0.05, 0.1) is 6.10 Å². The minimum atomic E-state index is -0.235. The van der Waals surface area contributed by atoms with Crippen molar-refractivity contribution in [2.24, 2.45) is 11.3 Å². The van der Waals surface area contributed by atoms with Crippen LogP contribution in [0.3, 0.4) is 0 Å². The van der Waals surface area contributed by atoms with Crippen LogP contribution in [-0.4, -0.2) is 5.11 Å². The molecule has 2 heteroatoms. The van der Waals surface area contributed by atoms with Gasteiger partial charge in [-0.2, -0.15) is 0 Å². The average Bonchev–Trinajstić information content (AvgIpc) is 2.64. The molecule has 0 aliphatic heterocycles. The molecule has 1 aromatic rings. The predicted octanol–water partition coefficient (Wildman–Crippen LogP) is 4.31. The lowest BCUT2D eigenvalue weighted by Crippen LogP contribution is -2.24. The van der Waals surface area contributed by atoms with Crippen LogP contribution in [0.2, 0.25) is 0 Å². The predicted molar refractivity (Wildman–Crippen MR) is 69.8 cm³/mol. The summed E-state index contributed by atoms with van der Waals surface area (Å²) in [6, 6.07) is 2.13. The number of rotatable bonds is 2. The molecule has 1 atom stereocenters. The lowest BCUT2D eigenvalue weighted by molar-refractivity contribution is 0.0570. The van der Waals surface area contributed by atoms with Gasteiger partial charge in [0.2, 0.25) is 0 Å². The van der Waals surface area contributed by atoms with Crippen LogP contribution in [0.15, 0.2) is 11.4 Å². The molecule has 0 radical (unpaired) electrons. The number of aliphatic hydroxyl groups excluding tert-OH is 1. The Balaban J connectivity index is 1.99. The smallest absolute Gasteiger partial charge is 0.0826 e. The van der Waals surface area contributed by atoms with Crippen molar-refractivity contribution in [2.75, 3.05) is 0 Å². The molecule has 1 fully saturated rings. The van der Waals surface area contributed by atoms with Crippen LogP contribution in [0.5, 0.6) is 0 Å². The molecule has 0 aromatic carbocycles. The van der Waals surface area contributed by atoms with Crippen molar-refractivity contribution in [3.8, 4) is 0 Å². The summed E-state index contributed by atoms with van der Waals surface area (Å²) in [5.41, 5.74) is 1.62. The van der Waals surface area contributed by atoms with Gasteiger partial charge in [-0.3, -0.25) is 0 Å². The first kappa shape index (κ1) is 12.1. The molecule has 0 spiro atoms. The van der Waals surface area contributed by atoms with Crippen LogP contribution in [0.25, 0.3) is 0 Å². The van der Waals surface area contributed by atoms with Gasteiger partial charge in [0.1, 0.15) is 0 Å². The zero-order chi connectivity index (χ0) is 11.8. The largest absolute Gasteiger partial charge is 0.388 e. The summed E-state index contributed by atoms with van der Waals surface area (Å²) in [5.74, 6) is 0.474. The second-order valence-electron chi connectivity index (χ2n) is 5.94. The Morgan fingerprint density at radius 2 is 2.00 bits per heavy atom. The summed E-state index contributed by atoms with van der Waals surface area (Å²) in [6.07, 6.45) is 4.60. The molecule has 0 amide bonds. The fourth-order valence-corrected chi connectivity index (χ4v) is 3.36. The first-order valence-electron chi connectivity index (χ1n) is 6.21. The van der Waals surface area contributed by atoms with Crippen molar-refractivity contribution in [1.82, 2.24) is 0 Å². The molecular weight excluding hydrogens is 216 g/mol. The summed E-state index contributed by atoms with van der Waals surface area (Å²) in [4.78, 5) is 1.30. The van der Waals surface area contributed by atoms with Crippen molar-refractivity contribution in [2.45, 2.75) is 52.6 Å². The van der Waals surface area contributed by atoms with E-state index in [1.165, 1.54) is 30.6 Å². The summed E-state index contributed by atoms with van der Waals surface area (Å²) in [6.45, 7) is 6.78. The maximum Gasteiger partial charge on any atom is 0.0826 e. The number of aryl methyl sites for hydroxylation is 1. The van der Waals surface area contributed by atoms with Crippen LogP contribution in [0, 0.1) is 18.3 Å². The van der Waals surface area contributed by atoms with Crippen LogP contribution < -0.4 is 0 Å². The van der Waals surface area contributed by atoms with E-state index in [-0.39, 0.29) is 6.10 Å². The topological polar surface area (TPSA) is 20.2 Å². The zero-order valence-electron chi connectivity index (χ0n) is 10.5. The maximum atomic E-state index is 10.3. The molecule has 1 nitrogen and oxygen atoms in total. The third-order valence-electron chi connectivity index (χ3n) is 3.92. The van der Waals surface area contributed by atoms with Crippen molar-refractivity contribution in [1.29, 1.82) is 0 Å². The molecule has 16 heavy (non-hydrogen) atoms. The molecule has 1 aromatic heterocycles. The standard InChI is InChI=1S/C14H22OS/c1-10-8-12(9-16-10)13(15)11-4-6-14(2,3)7-5-11/h8-9,11,13,15H,4-7H2,1-3H3. The van der Waals surface area contributed by atoms with Crippen LogP contribution in [-0.2, 0) is 0 Å². The first-order valence-corrected chi connectivity index (χ1v) is 7.09. The highest BCUT2D eigenvalue weighted by Gasteiger charge is 2.31. The normalized spacial score (nSPS) is 23.2. The van der Waals surface area contributed by atoms with Crippen molar-refractivity contribution < 1.29 is 5.11 Å². The summed E-state index contributed by atoms with van der Waals surface area (Å²) < 4.78 is 0. The molecule has 1 saturated carbocycles. The van der Waals surface area contributed by atoms with E-state index in [1.54, 1.807) is 11.3 Å². The van der Waals surface area contributed by atoms with Crippen LogP contribution in [0.1, 0.15) is 56.1 Å². The van der Waals surface area contributed by atoms with Gasteiger partial charge >= 0.3 is 0 Å². The summed E-state index contributed by atoms with van der Waals surface area (Å²) >= 11 is 1.74. The van der Waals surface area contributed by atoms with E-state index in [4.69, 9.17) is 0 Å². The van der Waals surface area contributed by atoms with E-state index in [0.29, 0.717) is 11.3 Å². The number of aliphatic hydroxyl groups is 1. The second kappa shape index (κ2) is 4.50. The molecule has 90 valence electrons. The highest BCUT2D eigenvalue weighted by atomic mass is 32.1. The van der Waals surface area contributed by atoms with Crippen molar-refractivity contribution in [3.63, 3.8) is 0 Å². The van der Waals surface area contributed by atoms with Gasteiger partial charge in [-0.05, 0) is 60.9 Å². The fourth-order valence-electron chi connectivity index (χ4n) is 2.63. The molecule has 0 bridgehead atoms. The van der Waals surface area contributed by atoms with E-state index >= 15 is 0 Å². The van der Waals surface area contributed by atoms with Gasteiger partial charge in [-0.15, -0.1) is 11.3 Å². The third-order valence-corrected chi connectivity index (χ3v) is 4.80. The highest BCUT2D eigenvalue weighted by molar-refractivity contribution is 7.10. The molecule has 1 heterocycles. The zero-order valence-corrected chi connectivity index (χ0v) is 11.3. The van der Waals surface area contributed by atoms with Crippen LogP contribution in [0.4, 0.5) is 0 Å². The van der Waals surface area contributed by atoms with E-state index in [1.807, 2.05) is 0 Å². The molecular formula is C14H22OS. The Bertz CT molecular complexity index is 343. The fraction of sp³-hybridized carbons (Fsp3) is 0.714. The van der Waals surface area contributed by atoms with Gasteiger partial charge in [0.25, 0.3) is 0 Å². The summed E-state index contributed by atoms with van der Waals surface area (Å²) in [5, 5.41) is 12.4.